The summed E-state index contributed by atoms with van der Waals surface area (Å²) in [4.78, 5) is 12.9. The maximum Gasteiger partial charge on any atom is 0.276 e. The first-order valence-corrected chi connectivity index (χ1v) is 9.62. The van der Waals surface area contributed by atoms with Gasteiger partial charge in [-0.05, 0) is 56.2 Å². The normalized spacial score (nSPS) is 10.7. The second-order valence-corrected chi connectivity index (χ2v) is 7.30. The van der Waals surface area contributed by atoms with Crippen LogP contribution in [0.25, 0.3) is 16.9 Å². The first kappa shape index (κ1) is 18.7. The molecule has 29 heavy (non-hydrogen) atoms. The Morgan fingerprint density at radius 3 is 2.31 bits per heavy atom. The van der Waals surface area contributed by atoms with E-state index in [0.717, 1.165) is 33.8 Å². The average Bonchev–Trinajstić information content (AvgIpc) is 3.14. The summed E-state index contributed by atoms with van der Waals surface area (Å²) in [5, 5.41) is 7.61. The number of carbonyl (C=O) groups is 1. The van der Waals surface area contributed by atoms with Crippen molar-refractivity contribution < 1.29 is 4.79 Å². The number of benzene rings is 3. The Balaban J connectivity index is 1.78. The van der Waals surface area contributed by atoms with Crippen LogP contribution in [0.1, 0.15) is 27.2 Å². The molecule has 1 heterocycles. The number of nitrogens with one attached hydrogen (secondary N) is 1. The van der Waals surface area contributed by atoms with Crippen LogP contribution in [0.4, 0.5) is 5.69 Å². The number of aryl methyl sites for hydroxylation is 3. The predicted molar refractivity (Wildman–Crippen MR) is 118 cm³/mol. The highest BCUT2D eigenvalue weighted by Gasteiger charge is 2.18. The van der Waals surface area contributed by atoms with Gasteiger partial charge in [0, 0.05) is 11.3 Å². The molecule has 0 atom stereocenters. The fraction of sp³-hybridized carbons (Fsp3) is 0.120. The molecule has 0 fully saturated rings. The Morgan fingerprint density at radius 2 is 1.59 bits per heavy atom. The number of anilines is 1. The molecule has 4 heteroatoms. The molecule has 1 aromatic heterocycles. The lowest BCUT2D eigenvalue weighted by molar-refractivity contribution is 0.102. The van der Waals surface area contributed by atoms with Crippen molar-refractivity contribution >= 4 is 11.6 Å². The van der Waals surface area contributed by atoms with Gasteiger partial charge in [-0.2, -0.15) is 5.10 Å². The minimum absolute atomic E-state index is 0.226. The van der Waals surface area contributed by atoms with E-state index in [1.807, 2.05) is 73.1 Å². The monoisotopic (exact) mass is 381 g/mol. The van der Waals surface area contributed by atoms with Gasteiger partial charge in [0.25, 0.3) is 5.91 Å². The van der Waals surface area contributed by atoms with E-state index < -0.39 is 0 Å². The predicted octanol–water partition coefficient (Wildman–Crippen LogP) is 5.72. The average molecular weight is 381 g/mol. The van der Waals surface area contributed by atoms with E-state index in [1.54, 1.807) is 0 Å². The largest absolute Gasteiger partial charge is 0.321 e. The summed E-state index contributed by atoms with van der Waals surface area (Å²) in [6, 6.07) is 25.9. The molecule has 4 rings (SSSR count). The molecule has 0 saturated heterocycles. The van der Waals surface area contributed by atoms with Crippen molar-refractivity contribution in [2.75, 3.05) is 5.32 Å². The molecule has 4 aromatic rings. The molecular formula is C25H23N3O. The number of hydrogen-bond donors (Lipinski definition) is 1. The highest BCUT2D eigenvalue weighted by molar-refractivity contribution is 6.03. The summed E-state index contributed by atoms with van der Waals surface area (Å²) in [5.41, 5.74) is 7.37. The maximum absolute atomic E-state index is 12.9. The molecule has 0 aliphatic heterocycles. The number of aromatic nitrogens is 2. The van der Waals surface area contributed by atoms with Gasteiger partial charge < -0.3 is 5.32 Å². The molecule has 0 bridgehead atoms. The van der Waals surface area contributed by atoms with Gasteiger partial charge in [-0.25, -0.2) is 4.68 Å². The first-order chi connectivity index (χ1) is 14.0. The summed E-state index contributed by atoms with van der Waals surface area (Å²) in [5.74, 6) is -0.226. The second-order valence-electron chi connectivity index (χ2n) is 7.30. The highest BCUT2D eigenvalue weighted by atomic mass is 16.1. The number of amides is 1. The van der Waals surface area contributed by atoms with Crippen molar-refractivity contribution in [3.63, 3.8) is 0 Å². The van der Waals surface area contributed by atoms with Crippen LogP contribution < -0.4 is 5.32 Å². The zero-order valence-electron chi connectivity index (χ0n) is 16.8. The van der Waals surface area contributed by atoms with Crippen molar-refractivity contribution in [3.8, 4) is 16.9 Å². The number of rotatable bonds is 4. The van der Waals surface area contributed by atoms with Crippen LogP contribution in [0.5, 0.6) is 0 Å². The van der Waals surface area contributed by atoms with Crippen LogP contribution in [-0.4, -0.2) is 15.7 Å². The van der Waals surface area contributed by atoms with Gasteiger partial charge in [0.2, 0.25) is 0 Å². The molecule has 3 aromatic carbocycles. The number of para-hydroxylation sites is 1. The van der Waals surface area contributed by atoms with Gasteiger partial charge in [0.05, 0.1) is 11.4 Å². The SMILES string of the molecule is Cc1ccc(-c2cc(C(=O)Nc3cccc(C)c3)nn2-c2ccccc2C)cc1. The zero-order chi connectivity index (χ0) is 20.4. The molecule has 0 unspecified atom stereocenters. The standard InChI is InChI=1S/C25H23N3O/c1-17-11-13-20(14-12-17)24-16-22(25(29)26-21-9-6-7-18(2)15-21)27-28(24)23-10-5-4-8-19(23)3/h4-16H,1-3H3,(H,26,29). The van der Waals surface area contributed by atoms with Gasteiger partial charge in [0.1, 0.15) is 0 Å². The van der Waals surface area contributed by atoms with Crippen LogP contribution in [0.2, 0.25) is 0 Å². The maximum atomic E-state index is 12.9. The third kappa shape index (κ3) is 3.97. The van der Waals surface area contributed by atoms with E-state index in [0.29, 0.717) is 5.69 Å². The summed E-state index contributed by atoms with van der Waals surface area (Å²) in [7, 11) is 0. The van der Waals surface area contributed by atoms with Gasteiger partial charge in [-0.3, -0.25) is 4.79 Å². The van der Waals surface area contributed by atoms with E-state index >= 15 is 0 Å². The third-order valence-electron chi connectivity index (χ3n) is 4.91. The summed E-state index contributed by atoms with van der Waals surface area (Å²) >= 11 is 0. The first-order valence-electron chi connectivity index (χ1n) is 9.62. The smallest absolute Gasteiger partial charge is 0.276 e. The Labute approximate surface area is 170 Å². The van der Waals surface area contributed by atoms with Crippen LogP contribution in [-0.2, 0) is 0 Å². The van der Waals surface area contributed by atoms with Crippen molar-refractivity contribution in [2.24, 2.45) is 0 Å². The van der Waals surface area contributed by atoms with Crippen LogP contribution >= 0.6 is 0 Å². The van der Waals surface area contributed by atoms with E-state index in [-0.39, 0.29) is 5.91 Å². The number of carbonyl (C=O) groups excluding carboxylic acids is 1. The Bertz CT molecular complexity index is 1170. The topological polar surface area (TPSA) is 46.9 Å². The fourth-order valence-electron chi connectivity index (χ4n) is 3.32. The lowest BCUT2D eigenvalue weighted by atomic mass is 10.1. The van der Waals surface area contributed by atoms with Crippen molar-refractivity contribution in [1.29, 1.82) is 0 Å². The van der Waals surface area contributed by atoms with Crippen LogP contribution in [0, 0.1) is 20.8 Å². The Kier molecular flexibility index (Phi) is 5.00. The van der Waals surface area contributed by atoms with E-state index in [9.17, 15) is 4.79 Å². The van der Waals surface area contributed by atoms with Crippen LogP contribution in [0.15, 0.2) is 78.9 Å². The summed E-state index contributed by atoms with van der Waals surface area (Å²) in [6.45, 7) is 6.10. The molecule has 1 amide bonds. The fourth-order valence-corrected chi connectivity index (χ4v) is 3.32. The molecule has 0 aliphatic carbocycles. The molecule has 1 N–H and O–H groups in total. The molecule has 0 radical (unpaired) electrons. The Hall–Kier alpha value is -3.66. The minimum atomic E-state index is -0.226. The lowest BCUT2D eigenvalue weighted by Gasteiger charge is -2.10. The zero-order valence-corrected chi connectivity index (χ0v) is 16.8. The van der Waals surface area contributed by atoms with Gasteiger partial charge in [-0.1, -0.05) is 60.2 Å². The van der Waals surface area contributed by atoms with Crippen molar-refractivity contribution in [3.05, 3.63) is 101 Å². The van der Waals surface area contributed by atoms with Crippen molar-refractivity contribution in [1.82, 2.24) is 9.78 Å². The molecule has 144 valence electrons. The molecular weight excluding hydrogens is 358 g/mol. The quantitative estimate of drug-likeness (QED) is 0.492. The highest BCUT2D eigenvalue weighted by Crippen LogP contribution is 2.26. The second kappa shape index (κ2) is 7.76. The number of hydrogen-bond acceptors (Lipinski definition) is 2. The van der Waals surface area contributed by atoms with E-state index in [1.165, 1.54) is 5.56 Å². The van der Waals surface area contributed by atoms with Crippen molar-refractivity contribution in [2.45, 2.75) is 20.8 Å². The van der Waals surface area contributed by atoms with Crippen LogP contribution in [0.3, 0.4) is 0 Å². The molecule has 4 nitrogen and oxygen atoms in total. The van der Waals surface area contributed by atoms with Gasteiger partial charge in [0.15, 0.2) is 5.69 Å². The summed E-state index contributed by atoms with van der Waals surface area (Å²) < 4.78 is 1.85. The van der Waals surface area contributed by atoms with Gasteiger partial charge >= 0.3 is 0 Å². The minimum Gasteiger partial charge on any atom is -0.321 e. The number of nitrogens with zero attached hydrogens (tertiary/aromatic N) is 2. The Morgan fingerprint density at radius 1 is 0.828 bits per heavy atom. The molecule has 0 aliphatic rings. The third-order valence-corrected chi connectivity index (χ3v) is 4.91. The lowest BCUT2D eigenvalue weighted by Crippen LogP contribution is -2.13. The summed E-state index contributed by atoms with van der Waals surface area (Å²) in [6.07, 6.45) is 0. The van der Waals surface area contributed by atoms with E-state index in [2.05, 4.69) is 41.6 Å². The molecule has 0 spiro atoms. The molecule has 0 saturated carbocycles. The van der Waals surface area contributed by atoms with E-state index in [4.69, 9.17) is 0 Å². The van der Waals surface area contributed by atoms with Gasteiger partial charge in [-0.15, -0.1) is 0 Å².